The minimum atomic E-state index is -0.784. The molecule has 0 rings (SSSR count). The zero-order valence-electron chi connectivity index (χ0n) is 37.3. The van der Waals surface area contributed by atoms with E-state index in [1.54, 1.807) is 0 Å². The van der Waals surface area contributed by atoms with Crippen molar-refractivity contribution in [3.8, 4) is 0 Å². The van der Waals surface area contributed by atoms with Crippen molar-refractivity contribution in [1.29, 1.82) is 0 Å². The Hall–Kier alpha value is -1.92. The predicted molar refractivity (Wildman–Crippen MR) is 241 cm³/mol. The average Bonchev–Trinajstić information content (AvgIpc) is 3.19. The molecule has 6 nitrogen and oxygen atoms in total. The summed E-state index contributed by atoms with van der Waals surface area (Å²) in [5.41, 5.74) is 0. The number of rotatable bonds is 43. The van der Waals surface area contributed by atoms with Crippen molar-refractivity contribution >= 4 is 11.9 Å². The van der Waals surface area contributed by atoms with Gasteiger partial charge in [-0.1, -0.05) is 205 Å². The molecule has 0 saturated heterocycles. The highest BCUT2D eigenvalue weighted by Gasteiger charge is 2.24. The molecule has 0 fully saturated rings. The minimum Gasteiger partial charge on any atom is -0.462 e. The van der Waals surface area contributed by atoms with Gasteiger partial charge in [-0.05, 0) is 64.2 Å². The van der Waals surface area contributed by atoms with E-state index in [1.807, 2.05) is 0 Å². The SMILES string of the molecule is CCCCC/C=C\C/C=C\C/C=C\CCCCCCCCC(=O)OC(CCCCCCCCC)CC(=O)NC(CO)C(O)CCCCCCCCCCCCC. The van der Waals surface area contributed by atoms with Gasteiger partial charge in [-0.15, -0.1) is 0 Å². The number of ether oxygens (including phenoxy) is 1. The Morgan fingerprint density at radius 1 is 0.518 bits per heavy atom. The third-order valence-corrected chi connectivity index (χ3v) is 11.0. The van der Waals surface area contributed by atoms with Crippen LogP contribution in [-0.4, -0.2) is 46.9 Å². The van der Waals surface area contributed by atoms with Crippen LogP contribution in [0.2, 0.25) is 0 Å². The number of esters is 1. The number of nitrogens with one attached hydrogen (secondary N) is 1. The van der Waals surface area contributed by atoms with Gasteiger partial charge < -0.3 is 20.3 Å². The Labute approximate surface area is 347 Å². The standard InChI is InChI=1S/C50H93NO5/c1-4-7-10-13-16-18-20-21-22-23-24-25-26-27-29-31-34-37-40-43-50(55)56-46(41-38-35-32-15-12-9-6-3)44-49(54)51-47(45-52)48(53)42-39-36-33-30-28-19-17-14-11-8-5-2/h16,18,21-22,24-25,46-48,52-53H,4-15,17,19-20,23,26-45H2,1-3H3,(H,51,54)/b18-16-,22-21-,25-24-. The molecule has 0 aromatic rings. The maximum atomic E-state index is 13.1. The molecule has 0 aliphatic heterocycles. The highest BCUT2D eigenvalue weighted by molar-refractivity contribution is 5.77. The minimum absolute atomic E-state index is 0.0739. The van der Waals surface area contributed by atoms with Crippen LogP contribution in [0.4, 0.5) is 0 Å². The zero-order valence-corrected chi connectivity index (χ0v) is 37.3. The highest BCUT2D eigenvalue weighted by atomic mass is 16.5. The second kappa shape index (κ2) is 44.2. The van der Waals surface area contributed by atoms with E-state index in [0.29, 0.717) is 19.3 Å². The molecule has 0 aliphatic rings. The molecule has 6 heteroatoms. The Kier molecular flexibility index (Phi) is 42.7. The molecular formula is C50H93NO5. The number of unbranched alkanes of at least 4 members (excludes halogenated alkanes) is 25. The molecule has 3 atom stereocenters. The van der Waals surface area contributed by atoms with Crippen molar-refractivity contribution in [3.63, 3.8) is 0 Å². The van der Waals surface area contributed by atoms with Crippen molar-refractivity contribution in [1.82, 2.24) is 5.32 Å². The molecule has 0 bridgehead atoms. The number of allylic oxidation sites excluding steroid dienone is 6. The number of carbonyl (C=O) groups is 2. The Bertz CT molecular complexity index is 930. The third kappa shape index (κ3) is 38.9. The predicted octanol–water partition coefficient (Wildman–Crippen LogP) is 14.1. The van der Waals surface area contributed by atoms with Crippen LogP contribution in [0.3, 0.4) is 0 Å². The molecule has 0 spiro atoms. The molecule has 1 amide bonds. The fourth-order valence-corrected chi connectivity index (χ4v) is 7.26. The summed E-state index contributed by atoms with van der Waals surface area (Å²) in [6, 6.07) is -0.698. The van der Waals surface area contributed by atoms with Crippen molar-refractivity contribution in [3.05, 3.63) is 36.5 Å². The maximum absolute atomic E-state index is 13.1. The van der Waals surface area contributed by atoms with Gasteiger partial charge in [-0.25, -0.2) is 0 Å². The first-order valence-corrected chi connectivity index (χ1v) is 24.2. The van der Waals surface area contributed by atoms with Crippen LogP contribution in [-0.2, 0) is 14.3 Å². The van der Waals surface area contributed by atoms with Gasteiger partial charge in [0.2, 0.25) is 5.91 Å². The van der Waals surface area contributed by atoms with Crippen LogP contribution in [0, 0.1) is 0 Å². The number of amides is 1. The second-order valence-corrected chi connectivity index (χ2v) is 16.5. The van der Waals surface area contributed by atoms with Gasteiger partial charge in [-0.3, -0.25) is 9.59 Å². The molecule has 3 unspecified atom stereocenters. The first-order chi connectivity index (χ1) is 27.5. The van der Waals surface area contributed by atoms with Crippen molar-refractivity contribution in [2.24, 2.45) is 0 Å². The first-order valence-electron chi connectivity index (χ1n) is 24.2. The van der Waals surface area contributed by atoms with Crippen LogP contribution in [0.5, 0.6) is 0 Å². The lowest BCUT2D eigenvalue weighted by molar-refractivity contribution is -0.151. The number of hydrogen-bond acceptors (Lipinski definition) is 5. The van der Waals surface area contributed by atoms with Crippen molar-refractivity contribution in [2.75, 3.05) is 6.61 Å². The lowest BCUT2D eigenvalue weighted by Gasteiger charge is -2.24. The largest absolute Gasteiger partial charge is 0.462 e. The molecule has 328 valence electrons. The number of aliphatic hydroxyl groups is 2. The van der Waals surface area contributed by atoms with E-state index in [0.717, 1.165) is 77.0 Å². The van der Waals surface area contributed by atoms with E-state index in [2.05, 4.69) is 62.5 Å². The normalized spacial score (nSPS) is 13.6. The van der Waals surface area contributed by atoms with Gasteiger partial charge in [0.15, 0.2) is 0 Å². The lowest BCUT2D eigenvalue weighted by atomic mass is 10.0. The molecular weight excluding hydrogens is 695 g/mol. The molecule has 3 N–H and O–H groups in total. The van der Waals surface area contributed by atoms with Gasteiger partial charge in [0.05, 0.1) is 25.2 Å². The summed E-state index contributed by atoms with van der Waals surface area (Å²) < 4.78 is 5.88. The van der Waals surface area contributed by atoms with E-state index < -0.39 is 18.2 Å². The average molecular weight is 788 g/mol. The second-order valence-electron chi connectivity index (χ2n) is 16.5. The van der Waals surface area contributed by atoms with Crippen LogP contribution < -0.4 is 5.32 Å². The first kappa shape index (κ1) is 54.1. The van der Waals surface area contributed by atoms with Gasteiger partial charge >= 0.3 is 5.97 Å². The van der Waals surface area contributed by atoms with Gasteiger partial charge in [0.25, 0.3) is 0 Å². The quantitative estimate of drug-likeness (QED) is 0.0325. The Morgan fingerprint density at radius 3 is 1.41 bits per heavy atom. The fraction of sp³-hybridized carbons (Fsp3) is 0.840. The molecule has 0 radical (unpaired) electrons. The third-order valence-electron chi connectivity index (χ3n) is 11.0. The number of carbonyl (C=O) groups excluding carboxylic acids is 2. The topological polar surface area (TPSA) is 95.9 Å². The summed E-state index contributed by atoms with van der Waals surface area (Å²) in [5, 5.41) is 23.6. The van der Waals surface area contributed by atoms with E-state index in [-0.39, 0.29) is 24.9 Å². The summed E-state index contributed by atoms with van der Waals surface area (Å²) in [4.78, 5) is 25.9. The summed E-state index contributed by atoms with van der Waals surface area (Å²) >= 11 is 0. The number of hydrogen-bond donors (Lipinski definition) is 3. The molecule has 0 saturated carbocycles. The molecule has 0 aliphatic carbocycles. The van der Waals surface area contributed by atoms with Crippen molar-refractivity contribution < 1.29 is 24.5 Å². The molecule has 0 aromatic carbocycles. The maximum Gasteiger partial charge on any atom is 0.306 e. The van der Waals surface area contributed by atoms with E-state index in [4.69, 9.17) is 4.74 Å². The molecule has 0 aromatic heterocycles. The highest BCUT2D eigenvalue weighted by Crippen LogP contribution is 2.17. The summed E-state index contributed by atoms with van der Waals surface area (Å²) in [5.74, 6) is -0.488. The van der Waals surface area contributed by atoms with Crippen molar-refractivity contribution in [2.45, 2.75) is 264 Å². The monoisotopic (exact) mass is 788 g/mol. The summed E-state index contributed by atoms with van der Waals surface area (Å²) in [6.07, 6.45) is 50.7. The molecule has 56 heavy (non-hydrogen) atoms. The Balaban J connectivity index is 4.39. The zero-order chi connectivity index (χ0) is 41.0. The smallest absolute Gasteiger partial charge is 0.306 e. The van der Waals surface area contributed by atoms with E-state index in [9.17, 15) is 19.8 Å². The Morgan fingerprint density at radius 2 is 0.911 bits per heavy atom. The van der Waals surface area contributed by atoms with Gasteiger partial charge in [-0.2, -0.15) is 0 Å². The van der Waals surface area contributed by atoms with Crippen LogP contribution in [0.15, 0.2) is 36.5 Å². The van der Waals surface area contributed by atoms with Crippen LogP contribution >= 0.6 is 0 Å². The van der Waals surface area contributed by atoms with Crippen LogP contribution in [0.1, 0.15) is 245 Å². The summed E-state index contributed by atoms with van der Waals surface area (Å²) in [6.45, 7) is 6.41. The van der Waals surface area contributed by atoms with Gasteiger partial charge in [0, 0.05) is 6.42 Å². The number of aliphatic hydroxyl groups excluding tert-OH is 2. The van der Waals surface area contributed by atoms with E-state index in [1.165, 1.54) is 122 Å². The van der Waals surface area contributed by atoms with E-state index >= 15 is 0 Å². The lowest BCUT2D eigenvalue weighted by Crippen LogP contribution is -2.46. The van der Waals surface area contributed by atoms with Crippen LogP contribution in [0.25, 0.3) is 0 Å². The molecule has 0 heterocycles. The summed E-state index contributed by atoms with van der Waals surface area (Å²) in [7, 11) is 0. The fourth-order valence-electron chi connectivity index (χ4n) is 7.26. The van der Waals surface area contributed by atoms with Gasteiger partial charge in [0.1, 0.15) is 6.10 Å².